The fourth-order valence-electron chi connectivity index (χ4n) is 2.81. The van der Waals surface area contributed by atoms with E-state index in [4.69, 9.17) is 4.74 Å². The van der Waals surface area contributed by atoms with Crippen LogP contribution >= 0.6 is 11.3 Å². The van der Waals surface area contributed by atoms with Crippen molar-refractivity contribution in [3.8, 4) is 23.1 Å². The Bertz CT molecular complexity index is 1120. The SMILES string of the molecule is COc1ccc(-c2csc(C(C#N)C(=O)CCC(=O)c3ccc(F)cc3F)n2)cc1. The lowest BCUT2D eigenvalue weighted by Gasteiger charge is -2.06. The molecule has 0 saturated heterocycles. The predicted molar refractivity (Wildman–Crippen MR) is 107 cm³/mol. The van der Waals surface area contributed by atoms with Gasteiger partial charge in [-0.15, -0.1) is 11.3 Å². The first-order valence-corrected chi connectivity index (χ1v) is 9.81. The van der Waals surface area contributed by atoms with Crippen molar-refractivity contribution in [3.63, 3.8) is 0 Å². The molecule has 0 spiro atoms. The number of hydrogen-bond acceptors (Lipinski definition) is 6. The topological polar surface area (TPSA) is 80.0 Å². The summed E-state index contributed by atoms with van der Waals surface area (Å²) >= 11 is 1.18. The van der Waals surface area contributed by atoms with Crippen molar-refractivity contribution in [1.82, 2.24) is 4.98 Å². The van der Waals surface area contributed by atoms with Crippen LogP contribution in [0.25, 0.3) is 11.3 Å². The number of carbonyl (C=O) groups is 2. The lowest BCUT2D eigenvalue weighted by molar-refractivity contribution is -0.119. The van der Waals surface area contributed by atoms with Gasteiger partial charge in [0.1, 0.15) is 22.4 Å². The van der Waals surface area contributed by atoms with Crippen LogP contribution < -0.4 is 4.74 Å². The van der Waals surface area contributed by atoms with Crippen LogP contribution in [0.1, 0.15) is 34.1 Å². The predicted octanol–water partition coefficient (Wildman–Crippen LogP) is 4.94. The number of Topliss-reactive ketones (excluding diaryl/α,β-unsaturated/α-hetero) is 2. The smallest absolute Gasteiger partial charge is 0.166 e. The molecule has 0 bridgehead atoms. The van der Waals surface area contributed by atoms with E-state index < -0.39 is 29.1 Å². The molecule has 1 unspecified atom stereocenters. The van der Waals surface area contributed by atoms with E-state index in [2.05, 4.69) is 4.98 Å². The van der Waals surface area contributed by atoms with Gasteiger partial charge in [-0.1, -0.05) is 0 Å². The van der Waals surface area contributed by atoms with Gasteiger partial charge < -0.3 is 4.74 Å². The molecule has 0 N–H and O–H groups in total. The van der Waals surface area contributed by atoms with Crippen LogP contribution in [0.15, 0.2) is 47.8 Å². The summed E-state index contributed by atoms with van der Waals surface area (Å²) in [7, 11) is 1.56. The summed E-state index contributed by atoms with van der Waals surface area (Å²) in [6.07, 6.45) is -0.526. The fourth-order valence-corrected chi connectivity index (χ4v) is 3.70. The molecule has 2 aromatic carbocycles. The molecule has 1 aromatic heterocycles. The van der Waals surface area contributed by atoms with Crippen LogP contribution in [-0.4, -0.2) is 23.7 Å². The van der Waals surface area contributed by atoms with E-state index in [1.165, 1.54) is 11.3 Å². The molecule has 152 valence electrons. The van der Waals surface area contributed by atoms with Crippen molar-refractivity contribution in [2.75, 3.05) is 7.11 Å². The summed E-state index contributed by atoms with van der Waals surface area (Å²) in [5.74, 6) is -3.30. The number of aromatic nitrogens is 1. The Morgan fingerprint density at radius 3 is 2.53 bits per heavy atom. The Kier molecular flexibility index (Phi) is 6.65. The molecule has 0 fully saturated rings. The van der Waals surface area contributed by atoms with Crippen molar-refractivity contribution in [2.24, 2.45) is 0 Å². The average Bonchev–Trinajstić information content (AvgIpc) is 3.22. The number of hydrogen-bond donors (Lipinski definition) is 0. The summed E-state index contributed by atoms with van der Waals surface area (Å²) in [5.41, 5.74) is 1.15. The average molecular weight is 426 g/mol. The molecule has 1 atom stereocenters. The van der Waals surface area contributed by atoms with Gasteiger partial charge in [0.2, 0.25) is 0 Å². The first-order valence-electron chi connectivity index (χ1n) is 8.93. The normalized spacial score (nSPS) is 11.5. The van der Waals surface area contributed by atoms with Gasteiger partial charge in [-0.25, -0.2) is 13.8 Å². The zero-order chi connectivity index (χ0) is 21.7. The molecule has 0 radical (unpaired) electrons. The molecular weight excluding hydrogens is 410 g/mol. The summed E-state index contributed by atoms with van der Waals surface area (Å²) in [6.45, 7) is 0. The number of nitrogens with zero attached hydrogens (tertiary/aromatic N) is 2. The van der Waals surface area contributed by atoms with Crippen molar-refractivity contribution >= 4 is 22.9 Å². The molecule has 1 heterocycles. The highest BCUT2D eigenvalue weighted by atomic mass is 32.1. The molecule has 0 aliphatic heterocycles. The van der Waals surface area contributed by atoms with Crippen LogP contribution in [-0.2, 0) is 4.79 Å². The summed E-state index contributed by atoms with van der Waals surface area (Å²) in [4.78, 5) is 29.0. The Morgan fingerprint density at radius 2 is 1.90 bits per heavy atom. The molecule has 8 heteroatoms. The largest absolute Gasteiger partial charge is 0.497 e. The quantitative estimate of drug-likeness (QED) is 0.477. The van der Waals surface area contributed by atoms with E-state index in [-0.39, 0.29) is 18.4 Å². The second-order valence-corrected chi connectivity index (χ2v) is 7.26. The van der Waals surface area contributed by atoms with Crippen LogP contribution in [0.2, 0.25) is 0 Å². The van der Waals surface area contributed by atoms with Gasteiger partial charge in [-0.3, -0.25) is 9.59 Å². The third-order valence-corrected chi connectivity index (χ3v) is 5.35. The number of ether oxygens (including phenoxy) is 1. The molecule has 0 aliphatic carbocycles. The molecule has 3 rings (SSSR count). The number of thiazole rings is 1. The summed E-state index contributed by atoms with van der Waals surface area (Å²) in [5, 5.41) is 11.5. The molecule has 3 aromatic rings. The molecule has 5 nitrogen and oxygen atoms in total. The third kappa shape index (κ3) is 4.75. The Balaban J connectivity index is 1.68. The van der Waals surface area contributed by atoms with Crippen molar-refractivity contribution < 1.29 is 23.1 Å². The zero-order valence-electron chi connectivity index (χ0n) is 15.9. The second-order valence-electron chi connectivity index (χ2n) is 6.38. The second kappa shape index (κ2) is 9.37. The Labute approximate surface area is 175 Å². The van der Waals surface area contributed by atoms with E-state index in [1.807, 2.05) is 18.2 Å². The highest BCUT2D eigenvalue weighted by molar-refractivity contribution is 7.10. The molecular formula is C22H16F2N2O3S. The van der Waals surface area contributed by atoms with Crippen molar-refractivity contribution in [2.45, 2.75) is 18.8 Å². The van der Waals surface area contributed by atoms with Gasteiger partial charge in [-0.2, -0.15) is 5.26 Å². The maximum absolute atomic E-state index is 13.7. The highest BCUT2D eigenvalue weighted by Gasteiger charge is 2.25. The minimum Gasteiger partial charge on any atom is -0.497 e. The van der Waals surface area contributed by atoms with Crippen LogP contribution in [0.3, 0.4) is 0 Å². The highest BCUT2D eigenvalue weighted by Crippen LogP contribution is 2.29. The fraction of sp³-hybridized carbons (Fsp3) is 0.182. The van der Waals surface area contributed by atoms with Gasteiger partial charge in [-0.05, 0) is 36.4 Å². The van der Waals surface area contributed by atoms with E-state index in [1.54, 1.807) is 24.6 Å². The zero-order valence-corrected chi connectivity index (χ0v) is 16.7. The maximum Gasteiger partial charge on any atom is 0.166 e. The number of ketones is 2. The number of carbonyl (C=O) groups excluding carboxylic acids is 2. The van der Waals surface area contributed by atoms with Gasteiger partial charge in [0, 0.05) is 29.9 Å². The van der Waals surface area contributed by atoms with Gasteiger partial charge in [0.25, 0.3) is 0 Å². The first-order chi connectivity index (χ1) is 14.4. The van der Waals surface area contributed by atoms with E-state index in [0.29, 0.717) is 22.5 Å². The van der Waals surface area contributed by atoms with Crippen LogP contribution in [0.5, 0.6) is 5.75 Å². The monoisotopic (exact) mass is 426 g/mol. The number of rotatable bonds is 8. The van der Waals surface area contributed by atoms with Crippen LogP contribution in [0.4, 0.5) is 8.78 Å². The molecule has 0 saturated carbocycles. The summed E-state index contributed by atoms with van der Waals surface area (Å²) < 4.78 is 31.8. The number of benzene rings is 2. The molecule has 0 amide bonds. The Hall–Kier alpha value is -3.44. The van der Waals surface area contributed by atoms with Gasteiger partial charge in [0.05, 0.1) is 24.4 Å². The minimum absolute atomic E-state index is 0.245. The summed E-state index contributed by atoms with van der Waals surface area (Å²) in [6, 6.07) is 11.8. The van der Waals surface area contributed by atoms with Gasteiger partial charge >= 0.3 is 0 Å². The molecule has 30 heavy (non-hydrogen) atoms. The number of nitriles is 1. The third-order valence-electron chi connectivity index (χ3n) is 4.44. The van der Waals surface area contributed by atoms with Crippen LogP contribution in [0, 0.1) is 23.0 Å². The van der Waals surface area contributed by atoms with E-state index >= 15 is 0 Å². The number of halogens is 2. The standard InChI is InChI=1S/C22H16F2N2O3S/c1-29-15-5-2-13(3-6-15)19-12-30-22(26-19)17(11-25)21(28)9-8-20(27)16-7-4-14(23)10-18(16)24/h2-7,10,12,17H,8-9H2,1H3. The number of methoxy groups -OCH3 is 1. The molecule has 0 aliphatic rings. The Morgan fingerprint density at radius 1 is 1.17 bits per heavy atom. The van der Waals surface area contributed by atoms with Gasteiger partial charge in [0.15, 0.2) is 17.5 Å². The van der Waals surface area contributed by atoms with E-state index in [9.17, 15) is 23.6 Å². The lowest BCUT2D eigenvalue weighted by Crippen LogP contribution is -2.13. The maximum atomic E-state index is 13.7. The van der Waals surface area contributed by atoms with Crippen molar-refractivity contribution in [3.05, 3.63) is 70.1 Å². The minimum atomic E-state index is -1.12. The lowest BCUT2D eigenvalue weighted by atomic mass is 9.98. The first kappa shape index (κ1) is 21.3. The van der Waals surface area contributed by atoms with Crippen molar-refractivity contribution in [1.29, 1.82) is 5.26 Å². The van der Waals surface area contributed by atoms with E-state index in [0.717, 1.165) is 17.7 Å².